The van der Waals surface area contributed by atoms with E-state index < -0.39 is 35.8 Å². The summed E-state index contributed by atoms with van der Waals surface area (Å²) in [5.74, 6) is -2.17. The number of imidazole rings is 1. The van der Waals surface area contributed by atoms with Crippen molar-refractivity contribution in [2.75, 3.05) is 49.5 Å². The normalized spacial score (nSPS) is 14.7. The number of hydrogen-bond acceptors (Lipinski definition) is 10. The third-order valence-electron chi connectivity index (χ3n) is 5.40. The molecule has 1 fully saturated rings. The quantitative estimate of drug-likeness (QED) is 0.190. The monoisotopic (exact) mass is 528 g/mol. The highest BCUT2D eigenvalue weighted by molar-refractivity contribution is 5.95. The SMILES string of the molecule is NCC(=O)OC[C@H]1CN(c2ccc(NCCNC(=O)CNC(=O)c3cn4ccncc4n3)c(F)c2)C(=O)O1. The number of ether oxygens (including phenoxy) is 2. The van der Waals surface area contributed by atoms with Gasteiger partial charge >= 0.3 is 12.1 Å². The number of rotatable bonds is 11. The van der Waals surface area contributed by atoms with Crippen LogP contribution in [-0.2, 0) is 19.1 Å². The molecule has 3 heterocycles. The van der Waals surface area contributed by atoms with E-state index in [2.05, 4.69) is 25.9 Å². The lowest BCUT2D eigenvalue weighted by Crippen LogP contribution is -2.38. The molecule has 2 aromatic heterocycles. The molecule has 1 aliphatic heterocycles. The maximum absolute atomic E-state index is 14.6. The van der Waals surface area contributed by atoms with E-state index in [0.29, 0.717) is 5.65 Å². The minimum absolute atomic E-state index is 0.0832. The molecule has 3 aromatic rings. The van der Waals surface area contributed by atoms with Gasteiger partial charge in [-0.1, -0.05) is 0 Å². The third kappa shape index (κ3) is 6.50. The number of cyclic esters (lactones) is 1. The Hall–Kier alpha value is -4.79. The van der Waals surface area contributed by atoms with Crippen LogP contribution in [0.15, 0.2) is 43.0 Å². The van der Waals surface area contributed by atoms with Crippen molar-refractivity contribution in [1.82, 2.24) is 25.0 Å². The summed E-state index contributed by atoms with van der Waals surface area (Å²) < 4.78 is 26.2. The van der Waals surface area contributed by atoms with Crippen molar-refractivity contribution in [1.29, 1.82) is 0 Å². The zero-order valence-corrected chi connectivity index (χ0v) is 20.1. The highest BCUT2D eigenvalue weighted by Crippen LogP contribution is 2.26. The summed E-state index contributed by atoms with van der Waals surface area (Å²) in [6.45, 7) is -0.236. The van der Waals surface area contributed by atoms with E-state index in [1.165, 1.54) is 35.5 Å². The largest absolute Gasteiger partial charge is 0.461 e. The number of hydrogen-bond donors (Lipinski definition) is 4. The molecule has 0 bridgehead atoms. The van der Waals surface area contributed by atoms with Gasteiger partial charge in [-0.05, 0) is 18.2 Å². The van der Waals surface area contributed by atoms with Gasteiger partial charge in [-0.15, -0.1) is 0 Å². The van der Waals surface area contributed by atoms with Gasteiger partial charge in [-0.3, -0.25) is 24.3 Å². The maximum Gasteiger partial charge on any atom is 0.414 e. The van der Waals surface area contributed by atoms with Gasteiger partial charge in [-0.25, -0.2) is 14.2 Å². The van der Waals surface area contributed by atoms with Crippen LogP contribution in [0.3, 0.4) is 0 Å². The molecule has 0 spiro atoms. The Labute approximate surface area is 215 Å². The predicted molar refractivity (Wildman–Crippen MR) is 131 cm³/mol. The number of amides is 3. The number of carbonyl (C=O) groups excluding carboxylic acids is 4. The van der Waals surface area contributed by atoms with E-state index in [-0.39, 0.29) is 56.4 Å². The number of nitrogens with two attached hydrogens (primary N) is 1. The fourth-order valence-corrected chi connectivity index (χ4v) is 3.54. The lowest BCUT2D eigenvalue weighted by atomic mass is 10.2. The number of nitrogens with one attached hydrogen (secondary N) is 3. The van der Waals surface area contributed by atoms with Crippen molar-refractivity contribution in [3.05, 3.63) is 54.5 Å². The first-order chi connectivity index (χ1) is 18.3. The fourth-order valence-electron chi connectivity index (χ4n) is 3.54. The molecule has 0 unspecified atom stereocenters. The van der Waals surface area contributed by atoms with Gasteiger partial charge in [0.15, 0.2) is 11.8 Å². The molecule has 14 nitrogen and oxygen atoms in total. The molecule has 3 amide bonds. The van der Waals surface area contributed by atoms with E-state index in [4.69, 9.17) is 15.2 Å². The van der Waals surface area contributed by atoms with E-state index in [0.717, 1.165) is 0 Å². The first-order valence-corrected chi connectivity index (χ1v) is 11.5. The number of carbonyl (C=O) groups is 4. The number of nitrogens with zero attached hydrogens (tertiary/aromatic N) is 4. The number of halogens is 1. The van der Waals surface area contributed by atoms with Gasteiger partial charge < -0.3 is 35.6 Å². The molecule has 4 rings (SSSR count). The Balaban J connectivity index is 1.18. The summed E-state index contributed by atoms with van der Waals surface area (Å²) in [4.78, 5) is 56.8. The molecule has 5 N–H and O–H groups in total. The molecule has 1 aliphatic rings. The fraction of sp³-hybridized carbons (Fsp3) is 0.304. The van der Waals surface area contributed by atoms with Gasteiger partial charge in [0.2, 0.25) is 5.91 Å². The third-order valence-corrected chi connectivity index (χ3v) is 5.40. The van der Waals surface area contributed by atoms with E-state index in [1.807, 2.05) is 0 Å². The van der Waals surface area contributed by atoms with Crippen molar-refractivity contribution >= 4 is 40.9 Å². The van der Waals surface area contributed by atoms with Crippen molar-refractivity contribution < 1.29 is 33.0 Å². The second-order valence-corrected chi connectivity index (χ2v) is 8.09. The van der Waals surface area contributed by atoms with Crippen LogP contribution in [0.1, 0.15) is 10.5 Å². The van der Waals surface area contributed by atoms with E-state index >= 15 is 0 Å². The molecular weight excluding hydrogens is 503 g/mol. The second-order valence-electron chi connectivity index (χ2n) is 8.09. The minimum atomic E-state index is -0.691. The first kappa shape index (κ1) is 26.3. The van der Waals surface area contributed by atoms with Crippen LogP contribution in [-0.4, -0.2) is 83.7 Å². The van der Waals surface area contributed by atoms with Gasteiger partial charge in [0, 0.05) is 31.7 Å². The molecule has 0 radical (unpaired) electrons. The summed E-state index contributed by atoms with van der Waals surface area (Å²) in [5.41, 5.74) is 6.26. The highest BCUT2D eigenvalue weighted by atomic mass is 19.1. The Morgan fingerprint density at radius 2 is 2.08 bits per heavy atom. The standard InChI is InChI=1S/C23H25FN8O6/c24-16-7-14(32-11-15(38-23(32)36)13-37-21(34)8-25)1-2-17(16)27-3-4-28-20(33)10-29-22(35)18-12-31-6-5-26-9-19(31)30-18/h1-2,5-7,9,12,15,27H,3-4,8,10-11,13,25H2,(H,28,33)(H,29,35)/t15-/m1/s1. The summed E-state index contributed by atoms with van der Waals surface area (Å²) in [6, 6.07) is 4.15. The molecule has 0 saturated carbocycles. The molecule has 200 valence electrons. The molecule has 1 aromatic carbocycles. The van der Waals surface area contributed by atoms with Crippen molar-refractivity contribution in [2.24, 2.45) is 5.73 Å². The van der Waals surface area contributed by atoms with Crippen LogP contribution in [0.25, 0.3) is 5.65 Å². The van der Waals surface area contributed by atoms with Gasteiger partial charge in [0.05, 0.1) is 37.2 Å². The predicted octanol–water partition coefficient (Wildman–Crippen LogP) is -0.346. The van der Waals surface area contributed by atoms with Crippen LogP contribution in [0, 0.1) is 5.82 Å². The number of aromatic nitrogens is 3. The Morgan fingerprint density at radius 3 is 2.84 bits per heavy atom. The van der Waals surface area contributed by atoms with Crippen molar-refractivity contribution in [2.45, 2.75) is 6.10 Å². The molecule has 1 saturated heterocycles. The molecule has 1 atom stereocenters. The first-order valence-electron chi connectivity index (χ1n) is 11.5. The zero-order valence-electron chi connectivity index (χ0n) is 20.1. The van der Waals surface area contributed by atoms with Gasteiger partial charge in [0.1, 0.15) is 18.1 Å². The Morgan fingerprint density at radius 1 is 1.24 bits per heavy atom. The number of fused-ring (bicyclic) bond motifs is 1. The average Bonchev–Trinajstić information content (AvgIpc) is 3.52. The van der Waals surface area contributed by atoms with Crippen LogP contribution in [0.5, 0.6) is 0 Å². The van der Waals surface area contributed by atoms with Crippen LogP contribution in [0.2, 0.25) is 0 Å². The van der Waals surface area contributed by atoms with E-state index in [9.17, 15) is 23.6 Å². The molecule has 15 heteroatoms. The Bertz CT molecular complexity index is 1320. The summed E-state index contributed by atoms with van der Waals surface area (Å²) in [5, 5.41) is 7.94. The second kappa shape index (κ2) is 12.0. The zero-order chi connectivity index (χ0) is 27.1. The lowest BCUT2D eigenvalue weighted by Gasteiger charge is -2.15. The van der Waals surface area contributed by atoms with Crippen LogP contribution < -0.4 is 26.6 Å². The van der Waals surface area contributed by atoms with Gasteiger partial charge in [-0.2, -0.15) is 0 Å². The average molecular weight is 529 g/mol. The number of benzene rings is 1. The van der Waals surface area contributed by atoms with Crippen LogP contribution >= 0.6 is 0 Å². The molecular formula is C23H25FN8O6. The van der Waals surface area contributed by atoms with Gasteiger partial charge in [0.25, 0.3) is 5.91 Å². The lowest BCUT2D eigenvalue weighted by molar-refractivity contribution is -0.144. The van der Waals surface area contributed by atoms with Crippen molar-refractivity contribution in [3.63, 3.8) is 0 Å². The van der Waals surface area contributed by atoms with Crippen LogP contribution in [0.4, 0.5) is 20.6 Å². The van der Waals surface area contributed by atoms with Crippen molar-refractivity contribution in [3.8, 4) is 0 Å². The summed E-state index contributed by atoms with van der Waals surface area (Å²) in [6.07, 6.45) is 4.86. The topological polar surface area (TPSA) is 182 Å². The maximum atomic E-state index is 14.6. The molecule has 38 heavy (non-hydrogen) atoms. The molecule has 0 aliphatic carbocycles. The summed E-state index contributed by atoms with van der Waals surface area (Å²) in [7, 11) is 0. The number of anilines is 2. The Kier molecular flexibility index (Phi) is 8.27. The smallest absolute Gasteiger partial charge is 0.414 e. The number of esters is 1. The summed E-state index contributed by atoms with van der Waals surface area (Å²) >= 11 is 0. The van der Waals surface area contributed by atoms with E-state index in [1.54, 1.807) is 16.8 Å². The minimum Gasteiger partial charge on any atom is -0.461 e. The highest BCUT2D eigenvalue weighted by Gasteiger charge is 2.33.